The summed E-state index contributed by atoms with van der Waals surface area (Å²) in [5, 5.41) is 22.4. The quantitative estimate of drug-likeness (QED) is 0.140. The summed E-state index contributed by atoms with van der Waals surface area (Å²) >= 11 is 1.46. The van der Waals surface area contributed by atoms with E-state index in [1.54, 1.807) is 30.8 Å². The van der Waals surface area contributed by atoms with Crippen molar-refractivity contribution < 1.29 is 88.1 Å². The number of amides is 1. The molecule has 11 nitrogen and oxygen atoms in total. The fourth-order valence-electron chi connectivity index (χ4n) is 5.04. The Morgan fingerprint density at radius 3 is 2.40 bits per heavy atom. The number of aryl methyl sites for hydroxylation is 1. The van der Waals surface area contributed by atoms with Crippen molar-refractivity contribution in [1.82, 2.24) is 14.4 Å². The summed E-state index contributed by atoms with van der Waals surface area (Å²) in [5.74, 6) is -3.49. The van der Waals surface area contributed by atoms with Gasteiger partial charge in [0, 0.05) is 50.1 Å². The molecule has 0 aliphatic carbocycles. The average molecular weight is 588 g/mol. The molecule has 3 aliphatic rings. The summed E-state index contributed by atoms with van der Waals surface area (Å²) < 4.78 is 16.7. The van der Waals surface area contributed by atoms with Crippen molar-refractivity contribution in [3.8, 4) is 0 Å². The van der Waals surface area contributed by atoms with Crippen molar-refractivity contribution in [2.45, 2.75) is 31.8 Å². The van der Waals surface area contributed by atoms with Gasteiger partial charge in [0.1, 0.15) is 11.2 Å². The van der Waals surface area contributed by atoms with Crippen molar-refractivity contribution in [3.63, 3.8) is 0 Å². The van der Waals surface area contributed by atoms with E-state index in [0.717, 1.165) is 6.07 Å². The first-order chi connectivity index (χ1) is 18.1. The van der Waals surface area contributed by atoms with E-state index in [0.29, 0.717) is 55.3 Å². The number of aliphatic imine (C=N–C) groups is 1. The zero-order chi connectivity index (χ0) is 27.3. The number of carbonyl (C=O) groups is 3. The number of carbonyl (C=O) groups excluding carboxylic acids is 3. The predicted molar refractivity (Wildman–Crippen MR) is 135 cm³/mol. The SMILES string of the molecule is CCn1cc(C(=O)[O-])c(=O)c2cc(F)c(N3CCN(/C=N/[C@@H]4C(=O)N5C(C(=O)[O-])=C(C)CS[C@H]45)CC3)cc21.[Na+].[Na+]. The standard InChI is InChI=1S/C25H26FN5O6S.2Na/c1-3-29-10-15(24(34)35)21(32)14-8-16(26)18(9-17(14)29)30-6-4-28(5-7-30)12-27-19-22(33)31-20(25(36)37)13(2)11-38-23(19)31;;/h8-10,12,19,23H,3-7,11H2,1-2H3,(H,34,35)(H,36,37);;/q;2*+1/p-2/b27-12+;;/t19-,23-;;/m1../s1. The Balaban J connectivity index is 0.00000220. The second-order valence-corrected chi connectivity index (χ2v) is 10.4. The molecule has 40 heavy (non-hydrogen) atoms. The van der Waals surface area contributed by atoms with Crippen molar-refractivity contribution in [2.75, 3.05) is 36.8 Å². The van der Waals surface area contributed by atoms with Crippen LogP contribution in [0.5, 0.6) is 0 Å². The molecule has 2 fully saturated rings. The molecular formula is C25H24FN5Na2O6S. The zero-order valence-electron chi connectivity index (χ0n) is 22.7. The largest absolute Gasteiger partial charge is 1.00 e. The molecule has 15 heteroatoms. The minimum Gasteiger partial charge on any atom is -0.545 e. The summed E-state index contributed by atoms with van der Waals surface area (Å²) in [6, 6.07) is 1.96. The number of aliphatic carboxylic acids is 1. The number of aromatic carboxylic acids is 1. The number of piperazine rings is 1. The Kier molecular flexibility index (Phi) is 10.6. The molecule has 0 spiro atoms. The Labute approximate surface area is 277 Å². The molecule has 0 saturated carbocycles. The van der Waals surface area contributed by atoms with Gasteiger partial charge < -0.3 is 34.2 Å². The summed E-state index contributed by atoms with van der Waals surface area (Å²) in [6.07, 6.45) is 2.81. The molecule has 5 rings (SSSR count). The van der Waals surface area contributed by atoms with E-state index >= 15 is 4.39 Å². The van der Waals surface area contributed by atoms with Crippen LogP contribution in [-0.4, -0.2) is 81.9 Å². The molecule has 0 unspecified atom stereocenters. The summed E-state index contributed by atoms with van der Waals surface area (Å²) in [5.41, 5.74) is -0.0387. The van der Waals surface area contributed by atoms with Crippen LogP contribution in [0.2, 0.25) is 0 Å². The van der Waals surface area contributed by atoms with Crippen LogP contribution >= 0.6 is 11.8 Å². The van der Waals surface area contributed by atoms with Gasteiger partial charge in [-0.3, -0.25) is 19.5 Å². The number of hydrogen-bond donors (Lipinski definition) is 0. The minimum absolute atomic E-state index is 0. The number of halogens is 1. The fraction of sp³-hybridized carbons (Fsp3) is 0.400. The van der Waals surface area contributed by atoms with E-state index in [9.17, 15) is 29.4 Å². The van der Waals surface area contributed by atoms with E-state index in [4.69, 9.17) is 0 Å². The normalized spacial score (nSPS) is 20.7. The van der Waals surface area contributed by atoms with Gasteiger partial charge in [0.2, 0.25) is 0 Å². The van der Waals surface area contributed by atoms with Crippen molar-refractivity contribution in [1.29, 1.82) is 0 Å². The first kappa shape index (κ1) is 32.6. The van der Waals surface area contributed by atoms with Gasteiger partial charge in [-0.15, -0.1) is 11.8 Å². The van der Waals surface area contributed by atoms with E-state index in [2.05, 4.69) is 4.99 Å². The number of aromatic nitrogens is 1. The van der Waals surface area contributed by atoms with Gasteiger partial charge >= 0.3 is 59.1 Å². The number of benzene rings is 1. The third-order valence-electron chi connectivity index (χ3n) is 7.08. The number of nitrogens with zero attached hydrogens (tertiary/aromatic N) is 5. The van der Waals surface area contributed by atoms with Crippen LogP contribution in [0, 0.1) is 5.82 Å². The van der Waals surface area contributed by atoms with Gasteiger partial charge in [0.05, 0.1) is 40.7 Å². The smallest absolute Gasteiger partial charge is 0.545 e. The second-order valence-electron chi connectivity index (χ2n) is 9.32. The van der Waals surface area contributed by atoms with Crippen LogP contribution < -0.4 is 79.7 Å². The van der Waals surface area contributed by atoms with E-state index in [1.165, 1.54) is 22.9 Å². The molecular weight excluding hydrogens is 563 g/mol. The number of carboxylic acids is 2. The van der Waals surface area contributed by atoms with Gasteiger partial charge in [0.15, 0.2) is 11.5 Å². The molecule has 0 N–H and O–H groups in total. The van der Waals surface area contributed by atoms with E-state index in [1.807, 2.05) is 9.80 Å². The molecule has 200 valence electrons. The van der Waals surface area contributed by atoms with Gasteiger partial charge in [0.25, 0.3) is 5.91 Å². The Hall–Kier alpha value is -1.87. The van der Waals surface area contributed by atoms with E-state index in [-0.39, 0.29) is 81.5 Å². The third-order valence-corrected chi connectivity index (χ3v) is 8.49. The molecule has 1 amide bonds. The van der Waals surface area contributed by atoms with E-state index < -0.39 is 34.8 Å². The first-order valence-corrected chi connectivity index (χ1v) is 13.1. The fourth-order valence-corrected chi connectivity index (χ4v) is 6.32. The molecule has 0 radical (unpaired) electrons. The molecule has 2 aromatic rings. The van der Waals surface area contributed by atoms with Gasteiger partial charge in [-0.1, -0.05) is 0 Å². The first-order valence-electron chi connectivity index (χ1n) is 12.1. The second kappa shape index (κ2) is 13.0. The monoisotopic (exact) mass is 587 g/mol. The molecule has 3 aliphatic heterocycles. The third kappa shape index (κ3) is 5.74. The van der Waals surface area contributed by atoms with Crippen LogP contribution in [-0.2, 0) is 16.1 Å². The Bertz CT molecular complexity index is 1490. The minimum atomic E-state index is -1.61. The number of thioether (sulfide) groups is 1. The number of hydrogen-bond acceptors (Lipinski definition) is 9. The average Bonchev–Trinajstić information content (AvgIpc) is 2.89. The molecule has 2 atom stereocenters. The van der Waals surface area contributed by atoms with Crippen LogP contribution in [0.15, 0.2) is 39.4 Å². The zero-order valence-corrected chi connectivity index (χ0v) is 27.5. The Morgan fingerprint density at radius 1 is 1.12 bits per heavy atom. The van der Waals surface area contributed by atoms with Gasteiger partial charge in [-0.05, 0) is 31.6 Å². The molecule has 1 aromatic heterocycles. The van der Waals surface area contributed by atoms with Crippen LogP contribution in [0.4, 0.5) is 10.1 Å². The number of pyridine rings is 1. The maximum absolute atomic E-state index is 15.1. The van der Waals surface area contributed by atoms with Crippen molar-refractivity contribution in [2.24, 2.45) is 4.99 Å². The predicted octanol–water partition coefficient (Wildman–Crippen LogP) is -7.01. The molecule has 1 aromatic carbocycles. The molecule has 0 bridgehead atoms. The van der Waals surface area contributed by atoms with Crippen molar-refractivity contribution >= 4 is 52.5 Å². The number of β-lactam (4-membered cyclic amide) rings is 1. The summed E-state index contributed by atoms with van der Waals surface area (Å²) in [7, 11) is 0. The van der Waals surface area contributed by atoms with Gasteiger partial charge in [-0.2, -0.15) is 0 Å². The van der Waals surface area contributed by atoms with Crippen LogP contribution in [0.25, 0.3) is 10.9 Å². The maximum atomic E-state index is 15.1. The number of fused-ring (bicyclic) bond motifs is 2. The number of rotatable bonds is 6. The van der Waals surface area contributed by atoms with Gasteiger partial charge in [-0.25, -0.2) is 4.39 Å². The van der Waals surface area contributed by atoms with Crippen LogP contribution in [0.3, 0.4) is 0 Å². The number of anilines is 1. The number of carboxylic acid groups (broad SMARTS) is 2. The summed E-state index contributed by atoms with van der Waals surface area (Å²) in [6.45, 7) is 5.72. The van der Waals surface area contributed by atoms with Crippen LogP contribution in [0.1, 0.15) is 24.2 Å². The van der Waals surface area contributed by atoms with Crippen molar-refractivity contribution in [3.05, 3.63) is 51.2 Å². The topological polar surface area (TPSA) is 141 Å². The Morgan fingerprint density at radius 2 is 1.80 bits per heavy atom. The maximum Gasteiger partial charge on any atom is 1.00 e. The molecule has 2 saturated heterocycles. The molecule has 4 heterocycles. The summed E-state index contributed by atoms with van der Waals surface area (Å²) in [4.78, 5) is 57.3.